The van der Waals surface area contributed by atoms with Crippen LogP contribution in [0, 0.1) is 6.92 Å². The smallest absolute Gasteiger partial charge is 0.324 e. The van der Waals surface area contributed by atoms with Gasteiger partial charge in [-0.25, -0.2) is 13.9 Å². The summed E-state index contributed by atoms with van der Waals surface area (Å²) in [5.74, 6) is -0.733. The van der Waals surface area contributed by atoms with E-state index in [0.717, 1.165) is 14.7 Å². The molecule has 4 rings (SSSR count). The lowest BCUT2D eigenvalue weighted by atomic mass is 10.2. The molecular formula is C22H18BrN5O3. The van der Waals surface area contributed by atoms with Crippen LogP contribution in [-0.2, 0) is 11.3 Å². The first-order chi connectivity index (χ1) is 14.9. The van der Waals surface area contributed by atoms with Crippen LogP contribution in [-0.4, -0.2) is 26.0 Å². The summed E-state index contributed by atoms with van der Waals surface area (Å²) in [6, 6.07) is 17.6. The second-order valence-corrected chi connectivity index (χ2v) is 7.88. The van der Waals surface area contributed by atoms with Crippen molar-refractivity contribution < 1.29 is 9.59 Å². The fourth-order valence-electron chi connectivity index (χ4n) is 2.97. The maximum Gasteiger partial charge on any atom is 0.350 e. The minimum Gasteiger partial charge on any atom is -0.324 e. The van der Waals surface area contributed by atoms with Gasteiger partial charge in [-0.1, -0.05) is 33.6 Å². The molecule has 0 saturated carbocycles. The third-order valence-electron chi connectivity index (χ3n) is 4.57. The minimum absolute atomic E-state index is 0.249. The summed E-state index contributed by atoms with van der Waals surface area (Å²) in [4.78, 5) is 37.5. The average Bonchev–Trinajstić information content (AvgIpc) is 3.06. The molecule has 156 valence electrons. The van der Waals surface area contributed by atoms with Gasteiger partial charge < -0.3 is 10.6 Å². The van der Waals surface area contributed by atoms with Crippen LogP contribution in [0.4, 0.5) is 11.4 Å². The minimum atomic E-state index is -0.508. The molecule has 0 saturated heterocycles. The van der Waals surface area contributed by atoms with E-state index >= 15 is 0 Å². The number of aromatic nitrogens is 3. The molecule has 2 heterocycles. The molecule has 2 amide bonds. The number of pyridine rings is 1. The van der Waals surface area contributed by atoms with Gasteiger partial charge in [0.25, 0.3) is 5.91 Å². The van der Waals surface area contributed by atoms with Gasteiger partial charge in [-0.2, -0.15) is 0 Å². The zero-order valence-electron chi connectivity index (χ0n) is 16.5. The van der Waals surface area contributed by atoms with Crippen molar-refractivity contribution in [1.29, 1.82) is 0 Å². The standard InChI is InChI=1S/C22H18BrN5O3/c1-14-2-7-18(8-3-14)25-21(30)15-4-11-19-26-28(22(31)27(19)12-15)13-20(29)24-17-9-5-16(23)6-10-17/h2-12H,13H2,1H3,(H,24,29)(H,25,30). The molecule has 2 aromatic heterocycles. The molecular weight excluding hydrogens is 462 g/mol. The zero-order valence-corrected chi connectivity index (χ0v) is 18.1. The Morgan fingerprint density at radius 3 is 2.29 bits per heavy atom. The Balaban J connectivity index is 1.51. The van der Waals surface area contributed by atoms with Gasteiger partial charge in [-0.15, -0.1) is 5.10 Å². The zero-order chi connectivity index (χ0) is 22.0. The van der Waals surface area contributed by atoms with E-state index in [2.05, 4.69) is 31.7 Å². The first kappa shape index (κ1) is 20.5. The van der Waals surface area contributed by atoms with Gasteiger partial charge in [-0.05, 0) is 55.5 Å². The van der Waals surface area contributed by atoms with E-state index in [1.165, 1.54) is 10.6 Å². The number of amides is 2. The lowest BCUT2D eigenvalue weighted by molar-refractivity contribution is -0.117. The van der Waals surface area contributed by atoms with Crippen LogP contribution in [0.15, 0.2) is 76.1 Å². The van der Waals surface area contributed by atoms with E-state index in [4.69, 9.17) is 0 Å². The molecule has 0 atom stereocenters. The number of fused-ring (bicyclic) bond motifs is 1. The van der Waals surface area contributed by atoms with Gasteiger partial charge in [0.15, 0.2) is 5.65 Å². The number of nitrogens with one attached hydrogen (secondary N) is 2. The van der Waals surface area contributed by atoms with Crippen LogP contribution in [0.3, 0.4) is 0 Å². The molecule has 2 N–H and O–H groups in total. The SMILES string of the molecule is Cc1ccc(NC(=O)c2ccc3nn(CC(=O)Nc4ccc(Br)cc4)c(=O)n3c2)cc1. The maximum absolute atomic E-state index is 12.7. The van der Waals surface area contributed by atoms with E-state index in [1.54, 1.807) is 48.5 Å². The molecule has 0 aliphatic heterocycles. The number of rotatable bonds is 5. The second-order valence-electron chi connectivity index (χ2n) is 6.96. The maximum atomic E-state index is 12.7. The number of anilines is 2. The third kappa shape index (κ3) is 4.72. The number of benzene rings is 2. The van der Waals surface area contributed by atoms with Crippen molar-refractivity contribution in [3.63, 3.8) is 0 Å². The molecule has 0 bridgehead atoms. The summed E-state index contributed by atoms with van der Waals surface area (Å²) < 4.78 is 3.20. The lowest BCUT2D eigenvalue weighted by Gasteiger charge is -2.05. The number of aryl methyl sites for hydroxylation is 1. The van der Waals surface area contributed by atoms with Crippen LogP contribution < -0.4 is 16.3 Å². The monoisotopic (exact) mass is 479 g/mol. The molecule has 8 nitrogen and oxygen atoms in total. The van der Waals surface area contributed by atoms with Crippen molar-refractivity contribution >= 4 is 44.8 Å². The van der Waals surface area contributed by atoms with Gasteiger partial charge in [0.1, 0.15) is 6.54 Å². The number of halogens is 1. The Hall–Kier alpha value is -3.72. The Kier molecular flexibility index (Phi) is 5.68. The second kappa shape index (κ2) is 8.57. The molecule has 0 unspecified atom stereocenters. The summed E-state index contributed by atoms with van der Waals surface area (Å²) >= 11 is 3.33. The molecule has 0 spiro atoms. The molecule has 4 aromatic rings. The highest BCUT2D eigenvalue weighted by Gasteiger charge is 2.14. The Morgan fingerprint density at radius 2 is 1.58 bits per heavy atom. The fraction of sp³-hybridized carbons (Fsp3) is 0.0909. The lowest BCUT2D eigenvalue weighted by Crippen LogP contribution is -2.28. The predicted molar refractivity (Wildman–Crippen MR) is 121 cm³/mol. The van der Waals surface area contributed by atoms with Gasteiger partial charge >= 0.3 is 5.69 Å². The first-order valence-corrected chi connectivity index (χ1v) is 10.2. The average molecular weight is 480 g/mol. The van der Waals surface area contributed by atoms with E-state index in [9.17, 15) is 14.4 Å². The van der Waals surface area contributed by atoms with E-state index in [0.29, 0.717) is 22.6 Å². The van der Waals surface area contributed by atoms with Gasteiger partial charge in [0, 0.05) is 22.0 Å². The number of hydrogen-bond donors (Lipinski definition) is 2. The topological polar surface area (TPSA) is 97.5 Å². The van der Waals surface area contributed by atoms with Gasteiger partial charge in [0.2, 0.25) is 5.91 Å². The summed E-state index contributed by atoms with van der Waals surface area (Å²) in [5.41, 5.74) is 2.49. The molecule has 31 heavy (non-hydrogen) atoms. The molecule has 2 aromatic carbocycles. The van der Waals surface area contributed by atoms with Crippen LogP contribution in [0.1, 0.15) is 15.9 Å². The first-order valence-electron chi connectivity index (χ1n) is 9.42. The normalized spacial score (nSPS) is 10.8. The Bertz CT molecular complexity index is 1320. The van der Waals surface area contributed by atoms with Gasteiger partial charge in [0.05, 0.1) is 5.56 Å². The van der Waals surface area contributed by atoms with Gasteiger partial charge in [-0.3, -0.25) is 9.59 Å². The predicted octanol–water partition coefficient (Wildman–Crippen LogP) is 3.46. The molecule has 9 heteroatoms. The summed E-state index contributed by atoms with van der Waals surface area (Å²) in [7, 11) is 0. The van der Waals surface area contributed by atoms with Crippen LogP contribution in [0.25, 0.3) is 5.65 Å². The van der Waals surface area contributed by atoms with Crippen molar-refractivity contribution in [3.8, 4) is 0 Å². The number of nitrogens with zero attached hydrogens (tertiary/aromatic N) is 3. The fourth-order valence-corrected chi connectivity index (χ4v) is 3.23. The summed E-state index contributed by atoms with van der Waals surface area (Å²) in [6.07, 6.45) is 1.41. The van der Waals surface area contributed by atoms with Crippen molar-refractivity contribution in [2.45, 2.75) is 13.5 Å². The highest BCUT2D eigenvalue weighted by atomic mass is 79.9. The Morgan fingerprint density at radius 1 is 0.935 bits per heavy atom. The van der Waals surface area contributed by atoms with Crippen molar-refractivity contribution in [2.75, 3.05) is 10.6 Å². The van der Waals surface area contributed by atoms with E-state index in [-0.39, 0.29) is 18.4 Å². The molecule has 0 fully saturated rings. The number of carbonyl (C=O) groups is 2. The number of carbonyl (C=O) groups excluding carboxylic acids is 2. The quantitative estimate of drug-likeness (QED) is 0.457. The van der Waals surface area contributed by atoms with Crippen LogP contribution >= 0.6 is 15.9 Å². The summed E-state index contributed by atoms with van der Waals surface area (Å²) in [6.45, 7) is 1.71. The van der Waals surface area contributed by atoms with Crippen molar-refractivity contribution in [2.24, 2.45) is 0 Å². The molecule has 0 aliphatic rings. The Labute approximate surface area is 185 Å². The molecule has 0 aliphatic carbocycles. The molecule has 0 radical (unpaired) electrons. The van der Waals surface area contributed by atoms with Crippen LogP contribution in [0.2, 0.25) is 0 Å². The third-order valence-corrected chi connectivity index (χ3v) is 5.10. The van der Waals surface area contributed by atoms with Crippen LogP contribution in [0.5, 0.6) is 0 Å². The van der Waals surface area contributed by atoms with E-state index < -0.39 is 5.69 Å². The highest BCUT2D eigenvalue weighted by molar-refractivity contribution is 9.10. The van der Waals surface area contributed by atoms with E-state index in [1.807, 2.05) is 19.1 Å². The van der Waals surface area contributed by atoms with Crippen molar-refractivity contribution in [3.05, 3.63) is 92.9 Å². The van der Waals surface area contributed by atoms with Crippen molar-refractivity contribution in [1.82, 2.24) is 14.2 Å². The largest absolute Gasteiger partial charge is 0.350 e. The highest BCUT2D eigenvalue weighted by Crippen LogP contribution is 2.14. The number of hydrogen-bond acceptors (Lipinski definition) is 4. The summed E-state index contributed by atoms with van der Waals surface area (Å²) in [5, 5.41) is 9.68.